The Balaban J connectivity index is 4.40. The van der Waals surface area contributed by atoms with E-state index in [2.05, 4.69) is 35.1 Å². The van der Waals surface area contributed by atoms with Crippen LogP contribution in [0.3, 0.4) is 0 Å². The van der Waals surface area contributed by atoms with E-state index in [1.165, 1.54) is 17.8 Å². The molecule has 0 saturated heterocycles. The predicted octanol–water partition coefficient (Wildman–Crippen LogP) is 2.94. The summed E-state index contributed by atoms with van der Waals surface area (Å²) in [5, 5.41) is 10.4. The van der Waals surface area contributed by atoms with Crippen LogP contribution in [0.1, 0.15) is 13.8 Å². The molecule has 2 nitrogen and oxygen atoms in total. The van der Waals surface area contributed by atoms with Crippen molar-refractivity contribution >= 4 is 28.5 Å². The third kappa shape index (κ3) is 4.22. The SMILES string of the molecule is CCP(CC)/C(=C/C(=N)Br)NC. The molecule has 0 rings (SSSR count). The molecule has 70 valence electrons. The van der Waals surface area contributed by atoms with E-state index in [9.17, 15) is 0 Å². The van der Waals surface area contributed by atoms with Crippen LogP contribution in [0.25, 0.3) is 0 Å². The van der Waals surface area contributed by atoms with Crippen LogP contribution in [0.2, 0.25) is 0 Å². The first kappa shape index (κ1) is 12.1. The van der Waals surface area contributed by atoms with E-state index in [1.54, 1.807) is 0 Å². The van der Waals surface area contributed by atoms with Gasteiger partial charge in [0.15, 0.2) is 0 Å². The molecule has 0 aromatic carbocycles. The van der Waals surface area contributed by atoms with E-state index >= 15 is 0 Å². The van der Waals surface area contributed by atoms with Gasteiger partial charge in [-0.1, -0.05) is 21.8 Å². The molecule has 0 fully saturated rings. The zero-order valence-corrected chi connectivity index (χ0v) is 10.3. The summed E-state index contributed by atoms with van der Waals surface area (Å²) in [5.74, 6) is 0. The summed E-state index contributed by atoms with van der Waals surface area (Å²) >= 11 is 3.12. The minimum atomic E-state index is -0.0731. The maximum atomic E-state index is 7.28. The molecule has 0 aliphatic rings. The van der Waals surface area contributed by atoms with Crippen molar-refractivity contribution in [2.75, 3.05) is 19.4 Å². The van der Waals surface area contributed by atoms with Crippen LogP contribution < -0.4 is 5.32 Å². The smallest absolute Gasteiger partial charge is 0.0987 e. The first-order chi connectivity index (χ1) is 5.65. The molecule has 0 unspecified atom stereocenters. The number of hydrogen-bond donors (Lipinski definition) is 2. The van der Waals surface area contributed by atoms with Crippen molar-refractivity contribution in [3.8, 4) is 0 Å². The van der Waals surface area contributed by atoms with Gasteiger partial charge in [0.05, 0.1) is 4.62 Å². The summed E-state index contributed by atoms with van der Waals surface area (Å²) in [6.45, 7) is 4.39. The van der Waals surface area contributed by atoms with Gasteiger partial charge in [-0.25, -0.2) is 0 Å². The minimum absolute atomic E-state index is 0.0731. The lowest BCUT2D eigenvalue weighted by Gasteiger charge is -2.16. The molecule has 12 heavy (non-hydrogen) atoms. The topological polar surface area (TPSA) is 35.9 Å². The lowest BCUT2D eigenvalue weighted by atomic mass is 10.6. The number of rotatable bonds is 5. The monoisotopic (exact) mass is 250 g/mol. The van der Waals surface area contributed by atoms with Crippen LogP contribution in [-0.4, -0.2) is 24.0 Å². The second-order valence-corrected chi connectivity index (χ2v) is 5.98. The van der Waals surface area contributed by atoms with E-state index in [0.29, 0.717) is 4.62 Å². The Hall–Kier alpha value is 0.120. The average molecular weight is 251 g/mol. The molecule has 4 heteroatoms. The van der Waals surface area contributed by atoms with E-state index < -0.39 is 0 Å². The summed E-state index contributed by atoms with van der Waals surface area (Å²) in [4.78, 5) is 0. The van der Waals surface area contributed by atoms with Gasteiger partial charge >= 0.3 is 0 Å². The van der Waals surface area contributed by atoms with Crippen LogP contribution in [0, 0.1) is 5.41 Å². The molecule has 0 aliphatic heterocycles. The molecule has 0 radical (unpaired) electrons. The fourth-order valence-corrected chi connectivity index (χ4v) is 3.17. The highest BCUT2D eigenvalue weighted by atomic mass is 79.9. The number of halogens is 1. The summed E-state index contributed by atoms with van der Waals surface area (Å²) in [5.41, 5.74) is 1.21. The lowest BCUT2D eigenvalue weighted by Crippen LogP contribution is -2.07. The average Bonchev–Trinajstić information content (AvgIpc) is 2.04. The van der Waals surface area contributed by atoms with Crippen LogP contribution in [0.15, 0.2) is 11.5 Å². The van der Waals surface area contributed by atoms with Gasteiger partial charge in [0.1, 0.15) is 0 Å². The third-order valence-corrected chi connectivity index (χ3v) is 4.41. The summed E-state index contributed by atoms with van der Waals surface area (Å²) in [7, 11) is 1.85. The predicted molar refractivity (Wildman–Crippen MR) is 61.8 cm³/mol. The molecule has 0 atom stereocenters. The lowest BCUT2D eigenvalue weighted by molar-refractivity contribution is 1.07. The van der Waals surface area contributed by atoms with Crippen LogP contribution in [0.4, 0.5) is 0 Å². The van der Waals surface area contributed by atoms with Crippen molar-refractivity contribution in [2.24, 2.45) is 0 Å². The van der Waals surface area contributed by atoms with Gasteiger partial charge in [-0.15, -0.1) is 0 Å². The molecule has 0 spiro atoms. The highest BCUT2D eigenvalue weighted by Gasteiger charge is 2.07. The van der Waals surface area contributed by atoms with E-state index in [4.69, 9.17) is 5.41 Å². The first-order valence-corrected chi connectivity index (χ1v) is 6.54. The Bertz CT molecular complexity index is 176. The molecular formula is C8H16BrN2P. The van der Waals surface area contributed by atoms with E-state index in [1.807, 2.05) is 13.1 Å². The second-order valence-electron chi connectivity index (χ2n) is 2.30. The minimum Gasteiger partial charge on any atom is -0.388 e. The molecule has 0 saturated carbocycles. The fraction of sp³-hybridized carbons (Fsp3) is 0.625. The molecule has 0 bridgehead atoms. The van der Waals surface area contributed by atoms with Crippen molar-refractivity contribution in [2.45, 2.75) is 13.8 Å². The van der Waals surface area contributed by atoms with Gasteiger partial charge in [-0.2, -0.15) is 0 Å². The van der Waals surface area contributed by atoms with Gasteiger partial charge in [-0.3, -0.25) is 5.41 Å². The van der Waals surface area contributed by atoms with Gasteiger partial charge in [0.2, 0.25) is 0 Å². The molecule has 0 amide bonds. The molecular weight excluding hydrogens is 235 g/mol. The Morgan fingerprint density at radius 2 is 2.00 bits per heavy atom. The molecule has 0 aromatic rings. The Morgan fingerprint density at radius 1 is 1.50 bits per heavy atom. The molecule has 0 aliphatic carbocycles. The van der Waals surface area contributed by atoms with Gasteiger partial charge in [-0.05, 0) is 34.3 Å². The van der Waals surface area contributed by atoms with Crippen molar-refractivity contribution in [1.82, 2.24) is 5.32 Å². The summed E-state index contributed by atoms with van der Waals surface area (Å²) < 4.78 is 0.446. The summed E-state index contributed by atoms with van der Waals surface area (Å²) in [6.07, 6.45) is 4.22. The Labute approximate surface area is 84.2 Å². The largest absolute Gasteiger partial charge is 0.388 e. The Morgan fingerprint density at radius 3 is 2.25 bits per heavy atom. The van der Waals surface area contributed by atoms with Crippen molar-refractivity contribution in [1.29, 1.82) is 5.41 Å². The van der Waals surface area contributed by atoms with Gasteiger partial charge in [0.25, 0.3) is 0 Å². The quantitative estimate of drug-likeness (QED) is 0.572. The van der Waals surface area contributed by atoms with Crippen LogP contribution >= 0.6 is 23.9 Å². The van der Waals surface area contributed by atoms with Crippen molar-refractivity contribution < 1.29 is 0 Å². The standard InChI is InChI=1S/C8H16BrN2P/c1-4-12(5-2)8(11-3)6-7(9)10/h6,10-11H,4-5H2,1-3H3/b8-6+,10-7?. The molecule has 0 heterocycles. The van der Waals surface area contributed by atoms with Crippen LogP contribution in [0.5, 0.6) is 0 Å². The fourth-order valence-electron chi connectivity index (χ4n) is 1.01. The maximum absolute atomic E-state index is 7.28. The third-order valence-electron chi connectivity index (χ3n) is 1.62. The normalized spacial score (nSPS) is 11.9. The van der Waals surface area contributed by atoms with Crippen LogP contribution in [-0.2, 0) is 0 Å². The number of nitrogens with one attached hydrogen (secondary N) is 2. The highest BCUT2D eigenvalue weighted by molar-refractivity contribution is 9.18. The zero-order valence-electron chi connectivity index (χ0n) is 7.82. The van der Waals surface area contributed by atoms with E-state index in [0.717, 1.165) is 0 Å². The summed E-state index contributed by atoms with van der Waals surface area (Å²) in [6, 6.07) is 0. The maximum Gasteiger partial charge on any atom is 0.0987 e. The number of allylic oxidation sites excluding steroid dienone is 1. The zero-order chi connectivity index (χ0) is 9.56. The number of hydrogen-bond acceptors (Lipinski definition) is 2. The van der Waals surface area contributed by atoms with Gasteiger partial charge < -0.3 is 5.32 Å². The highest BCUT2D eigenvalue weighted by Crippen LogP contribution is 2.41. The first-order valence-electron chi connectivity index (χ1n) is 4.04. The Kier molecular flexibility index (Phi) is 6.68. The second kappa shape index (κ2) is 6.62. The van der Waals surface area contributed by atoms with Crippen molar-refractivity contribution in [3.05, 3.63) is 11.5 Å². The van der Waals surface area contributed by atoms with Crippen molar-refractivity contribution in [3.63, 3.8) is 0 Å². The molecule has 2 N–H and O–H groups in total. The van der Waals surface area contributed by atoms with Gasteiger partial charge in [0, 0.05) is 12.5 Å². The molecule has 0 aromatic heterocycles. The van der Waals surface area contributed by atoms with E-state index in [-0.39, 0.29) is 7.92 Å².